The number of nitrogens with zero attached hydrogens (tertiary/aromatic N) is 3. The quantitative estimate of drug-likeness (QED) is 0.701. The van der Waals surface area contributed by atoms with Gasteiger partial charge in [-0.05, 0) is 18.7 Å². The van der Waals surface area contributed by atoms with Gasteiger partial charge < -0.3 is 5.32 Å². The summed E-state index contributed by atoms with van der Waals surface area (Å²) in [6.07, 6.45) is 3.83. The van der Waals surface area contributed by atoms with Crippen molar-refractivity contribution in [3.05, 3.63) is 12.2 Å². The number of hydrogen-bond acceptors (Lipinski definition) is 4. The van der Waals surface area contributed by atoms with E-state index in [9.17, 15) is 0 Å². The molecule has 0 spiro atoms. The summed E-state index contributed by atoms with van der Waals surface area (Å²) in [5, 5.41) is 7.60. The fourth-order valence-electron chi connectivity index (χ4n) is 1.57. The van der Waals surface area contributed by atoms with Crippen LogP contribution in [0.15, 0.2) is 6.33 Å². The van der Waals surface area contributed by atoms with Gasteiger partial charge in [0.2, 0.25) is 0 Å². The van der Waals surface area contributed by atoms with Gasteiger partial charge in [-0.1, -0.05) is 13.8 Å². The first-order valence-electron chi connectivity index (χ1n) is 5.91. The van der Waals surface area contributed by atoms with E-state index in [1.54, 1.807) is 6.33 Å². The lowest BCUT2D eigenvalue weighted by Crippen LogP contribution is -2.34. The van der Waals surface area contributed by atoms with Crippen molar-refractivity contribution in [3.63, 3.8) is 0 Å². The Bertz CT molecular complexity index is 287. The van der Waals surface area contributed by atoms with E-state index in [2.05, 4.69) is 29.2 Å². The minimum atomic E-state index is 0.504. The molecule has 4 nitrogen and oxygen atoms in total. The highest BCUT2D eigenvalue weighted by atomic mass is 32.2. The highest BCUT2D eigenvalue weighted by Crippen LogP contribution is 2.08. The van der Waals surface area contributed by atoms with Crippen molar-refractivity contribution >= 4 is 11.8 Å². The third-order valence-corrected chi connectivity index (χ3v) is 3.73. The molecule has 0 radical (unpaired) electrons. The minimum absolute atomic E-state index is 0.504. The average Bonchev–Trinajstić information content (AvgIpc) is 2.65. The molecule has 1 atom stereocenters. The number of aryl methyl sites for hydroxylation is 1. The summed E-state index contributed by atoms with van der Waals surface area (Å²) in [6, 6.07) is 0.504. The monoisotopic (exact) mass is 242 g/mol. The smallest absolute Gasteiger partial charge is 0.138 e. The van der Waals surface area contributed by atoms with E-state index >= 15 is 0 Å². The molecule has 1 aromatic rings. The molecule has 92 valence electrons. The zero-order valence-electron chi connectivity index (χ0n) is 10.4. The van der Waals surface area contributed by atoms with Gasteiger partial charge in [-0.3, -0.25) is 4.68 Å². The van der Waals surface area contributed by atoms with Crippen LogP contribution in [0.2, 0.25) is 0 Å². The second kappa shape index (κ2) is 7.68. The second-order valence-corrected chi connectivity index (χ2v) is 4.98. The maximum absolute atomic E-state index is 4.27. The van der Waals surface area contributed by atoms with Crippen molar-refractivity contribution in [2.24, 2.45) is 7.05 Å². The first kappa shape index (κ1) is 13.5. The van der Waals surface area contributed by atoms with Crippen LogP contribution in [0.25, 0.3) is 0 Å². The van der Waals surface area contributed by atoms with Crippen LogP contribution < -0.4 is 5.32 Å². The highest BCUT2D eigenvalue weighted by molar-refractivity contribution is 7.99. The van der Waals surface area contributed by atoms with Crippen LogP contribution in [0.4, 0.5) is 0 Å². The Morgan fingerprint density at radius 2 is 2.31 bits per heavy atom. The summed E-state index contributed by atoms with van der Waals surface area (Å²) in [4.78, 5) is 4.27. The average molecular weight is 242 g/mol. The number of rotatable bonds is 8. The Morgan fingerprint density at radius 3 is 2.88 bits per heavy atom. The van der Waals surface area contributed by atoms with Gasteiger partial charge in [0, 0.05) is 25.3 Å². The summed E-state index contributed by atoms with van der Waals surface area (Å²) in [5.41, 5.74) is 0. The topological polar surface area (TPSA) is 42.7 Å². The molecule has 16 heavy (non-hydrogen) atoms. The lowest BCUT2D eigenvalue weighted by molar-refractivity contribution is 0.542. The van der Waals surface area contributed by atoms with E-state index in [4.69, 9.17) is 0 Å². The summed E-state index contributed by atoms with van der Waals surface area (Å²) < 4.78 is 1.86. The zero-order valence-corrected chi connectivity index (χ0v) is 11.3. The van der Waals surface area contributed by atoms with Crippen LogP contribution in [0, 0.1) is 0 Å². The molecule has 0 aromatic carbocycles. The molecular weight excluding hydrogens is 220 g/mol. The number of likely N-dealkylation sites (N-methyl/N-ethyl adjacent to an activating group) is 1. The van der Waals surface area contributed by atoms with Crippen LogP contribution in [-0.4, -0.2) is 38.9 Å². The zero-order chi connectivity index (χ0) is 11.8. The van der Waals surface area contributed by atoms with Gasteiger partial charge in [0.15, 0.2) is 0 Å². The second-order valence-electron chi connectivity index (χ2n) is 3.83. The summed E-state index contributed by atoms with van der Waals surface area (Å²) in [6.45, 7) is 5.38. The third-order valence-electron chi connectivity index (χ3n) is 2.39. The molecule has 0 saturated carbocycles. The van der Waals surface area contributed by atoms with Gasteiger partial charge in [-0.15, -0.1) is 0 Å². The Morgan fingerprint density at radius 1 is 1.50 bits per heavy atom. The molecule has 0 aliphatic heterocycles. The van der Waals surface area contributed by atoms with Crippen molar-refractivity contribution in [1.82, 2.24) is 20.1 Å². The lowest BCUT2D eigenvalue weighted by atomic mass is 10.2. The van der Waals surface area contributed by atoms with Gasteiger partial charge >= 0.3 is 0 Å². The van der Waals surface area contributed by atoms with Crippen LogP contribution in [0.3, 0.4) is 0 Å². The predicted octanol–water partition coefficient (Wildman–Crippen LogP) is 1.48. The third kappa shape index (κ3) is 4.53. The first-order chi connectivity index (χ1) is 7.77. The minimum Gasteiger partial charge on any atom is -0.313 e. The molecule has 0 aliphatic carbocycles. The molecule has 5 heteroatoms. The molecule has 1 N–H and O–H groups in total. The van der Waals surface area contributed by atoms with Gasteiger partial charge in [0.05, 0.1) is 0 Å². The molecule has 0 bridgehead atoms. The largest absolute Gasteiger partial charge is 0.313 e. The van der Waals surface area contributed by atoms with Crippen LogP contribution in [0.1, 0.15) is 26.1 Å². The van der Waals surface area contributed by atoms with E-state index in [1.807, 2.05) is 23.5 Å². The van der Waals surface area contributed by atoms with Crippen LogP contribution in [-0.2, 0) is 13.5 Å². The summed E-state index contributed by atoms with van der Waals surface area (Å²) in [7, 11) is 1.95. The molecular formula is C11H22N4S. The Balaban J connectivity index is 2.41. The van der Waals surface area contributed by atoms with Gasteiger partial charge in [0.25, 0.3) is 0 Å². The summed E-state index contributed by atoms with van der Waals surface area (Å²) >= 11 is 2.01. The maximum Gasteiger partial charge on any atom is 0.138 e. The number of thioether (sulfide) groups is 1. The lowest BCUT2D eigenvalue weighted by Gasteiger charge is -2.16. The maximum atomic E-state index is 4.27. The van der Waals surface area contributed by atoms with Gasteiger partial charge in [-0.2, -0.15) is 16.9 Å². The SMILES string of the molecule is CCCSCC(Cc1ncnn1C)NCC. The number of aromatic nitrogens is 3. The molecule has 1 rings (SSSR count). The Hall–Kier alpha value is -0.550. The molecule has 0 saturated heterocycles. The standard InChI is InChI=1S/C11H22N4S/c1-4-6-16-8-10(12-5-2)7-11-13-9-14-15(11)3/h9-10,12H,4-8H2,1-3H3. The number of nitrogens with one attached hydrogen (secondary N) is 1. The fourth-order valence-corrected chi connectivity index (χ4v) is 2.55. The summed E-state index contributed by atoms with van der Waals surface area (Å²) in [5.74, 6) is 3.44. The molecule has 1 aromatic heterocycles. The van der Waals surface area contributed by atoms with E-state index in [0.717, 1.165) is 24.5 Å². The Labute approximate surface area is 102 Å². The Kier molecular flexibility index (Phi) is 6.49. The van der Waals surface area contributed by atoms with Crippen molar-refractivity contribution in [1.29, 1.82) is 0 Å². The van der Waals surface area contributed by atoms with E-state index in [-0.39, 0.29) is 0 Å². The van der Waals surface area contributed by atoms with Crippen molar-refractivity contribution < 1.29 is 0 Å². The fraction of sp³-hybridized carbons (Fsp3) is 0.818. The van der Waals surface area contributed by atoms with E-state index in [0.29, 0.717) is 6.04 Å². The van der Waals surface area contributed by atoms with Crippen LogP contribution >= 0.6 is 11.8 Å². The van der Waals surface area contributed by atoms with Gasteiger partial charge in [-0.25, -0.2) is 4.98 Å². The highest BCUT2D eigenvalue weighted by Gasteiger charge is 2.11. The van der Waals surface area contributed by atoms with Crippen molar-refractivity contribution in [3.8, 4) is 0 Å². The van der Waals surface area contributed by atoms with Crippen molar-refractivity contribution in [2.75, 3.05) is 18.1 Å². The first-order valence-corrected chi connectivity index (χ1v) is 7.07. The van der Waals surface area contributed by atoms with Crippen LogP contribution in [0.5, 0.6) is 0 Å². The van der Waals surface area contributed by atoms with Crippen molar-refractivity contribution in [2.45, 2.75) is 32.7 Å². The molecule has 0 amide bonds. The van der Waals surface area contributed by atoms with E-state index < -0.39 is 0 Å². The van der Waals surface area contributed by atoms with E-state index in [1.165, 1.54) is 12.2 Å². The normalized spacial score (nSPS) is 12.9. The molecule has 0 aliphatic rings. The molecule has 0 fully saturated rings. The molecule has 1 heterocycles. The number of hydrogen-bond donors (Lipinski definition) is 1. The molecule has 1 unspecified atom stereocenters. The van der Waals surface area contributed by atoms with Gasteiger partial charge in [0.1, 0.15) is 12.2 Å². The predicted molar refractivity (Wildman–Crippen MR) is 69.8 cm³/mol.